The molecule has 0 fully saturated rings. The zero-order valence-corrected chi connectivity index (χ0v) is 22.3. The second-order valence-electron chi connectivity index (χ2n) is 10.9. The van der Waals surface area contributed by atoms with Crippen molar-refractivity contribution in [3.05, 3.63) is 146 Å². The zero-order valence-electron chi connectivity index (χ0n) is 22.3. The highest BCUT2D eigenvalue weighted by molar-refractivity contribution is 6.29. The largest absolute Gasteiger partial charge is 0.455 e. The summed E-state index contributed by atoms with van der Waals surface area (Å²) in [4.78, 5) is 0. The van der Waals surface area contributed by atoms with E-state index in [1.54, 1.807) is 0 Å². The molecule has 0 aliphatic carbocycles. The molecule has 0 unspecified atom stereocenters. The van der Waals surface area contributed by atoms with Crippen LogP contribution in [0.4, 0.5) is 0 Å². The van der Waals surface area contributed by atoms with Crippen LogP contribution >= 0.6 is 0 Å². The Hall–Kier alpha value is -5.40. The minimum Gasteiger partial charge on any atom is -0.455 e. The molecule has 8 aromatic carbocycles. The Kier molecular flexibility index (Phi) is 4.67. The van der Waals surface area contributed by atoms with Crippen LogP contribution in [0.1, 0.15) is 0 Å². The molecule has 0 aliphatic rings. The maximum atomic E-state index is 6.54. The molecule has 190 valence electrons. The van der Waals surface area contributed by atoms with Crippen LogP contribution in [0.2, 0.25) is 0 Å². The van der Waals surface area contributed by atoms with Crippen molar-refractivity contribution in [3.8, 4) is 33.4 Å². The third kappa shape index (κ3) is 3.30. The van der Waals surface area contributed by atoms with Crippen LogP contribution in [-0.2, 0) is 0 Å². The maximum absolute atomic E-state index is 6.54. The molecule has 0 atom stereocenters. The molecule has 9 rings (SSSR count). The van der Waals surface area contributed by atoms with Gasteiger partial charge in [0.25, 0.3) is 0 Å². The fraction of sp³-hybridized carbons (Fsp3) is 0. The van der Waals surface area contributed by atoms with Crippen molar-refractivity contribution in [1.82, 2.24) is 0 Å². The van der Waals surface area contributed by atoms with Crippen LogP contribution in [0.3, 0.4) is 0 Å². The van der Waals surface area contributed by atoms with Crippen molar-refractivity contribution in [1.29, 1.82) is 0 Å². The molecule has 1 heterocycles. The molecule has 1 aromatic heterocycles. The van der Waals surface area contributed by atoms with E-state index < -0.39 is 0 Å². The summed E-state index contributed by atoms with van der Waals surface area (Å²) in [6, 6.07) is 52.6. The highest BCUT2D eigenvalue weighted by Crippen LogP contribution is 2.46. The molecule has 9 aromatic rings. The zero-order chi connectivity index (χ0) is 26.9. The summed E-state index contributed by atoms with van der Waals surface area (Å²) in [6.45, 7) is 0. The molecule has 0 saturated heterocycles. The van der Waals surface area contributed by atoms with Gasteiger partial charge in [0.05, 0.1) is 0 Å². The molecule has 0 bridgehead atoms. The fourth-order valence-electron chi connectivity index (χ4n) is 6.73. The van der Waals surface area contributed by atoms with E-state index in [9.17, 15) is 0 Å². The average molecular weight is 521 g/mol. The Morgan fingerprint density at radius 2 is 0.976 bits per heavy atom. The standard InChI is InChI=1S/C40H24O/c1-2-8-25(9-3-1)26-16-18-27(19-17-26)35-24-36(34-14-7-13-33-30-12-4-5-15-37(30)41-40(33)34)32-23-21-29-11-6-10-28-20-22-31(35)39(32)38(28)29/h1-24H. The number of hydrogen-bond acceptors (Lipinski definition) is 1. The van der Waals surface area contributed by atoms with E-state index in [1.165, 1.54) is 60.1 Å². The predicted molar refractivity (Wildman–Crippen MR) is 174 cm³/mol. The molecule has 41 heavy (non-hydrogen) atoms. The molecule has 0 saturated carbocycles. The van der Waals surface area contributed by atoms with Gasteiger partial charge in [-0.2, -0.15) is 0 Å². The van der Waals surface area contributed by atoms with Gasteiger partial charge in [-0.1, -0.05) is 133 Å². The van der Waals surface area contributed by atoms with Gasteiger partial charge >= 0.3 is 0 Å². The van der Waals surface area contributed by atoms with E-state index in [-0.39, 0.29) is 0 Å². The number of furan rings is 1. The molecule has 0 spiro atoms. The molecule has 0 N–H and O–H groups in total. The van der Waals surface area contributed by atoms with E-state index in [4.69, 9.17) is 4.42 Å². The molecule has 0 radical (unpaired) electrons. The lowest BCUT2D eigenvalue weighted by molar-refractivity contribution is 0.670. The highest BCUT2D eigenvalue weighted by atomic mass is 16.3. The first-order valence-corrected chi connectivity index (χ1v) is 14.1. The first kappa shape index (κ1) is 22.4. The van der Waals surface area contributed by atoms with E-state index in [0.29, 0.717) is 0 Å². The van der Waals surface area contributed by atoms with Gasteiger partial charge in [0.1, 0.15) is 11.2 Å². The van der Waals surface area contributed by atoms with Crippen LogP contribution in [0, 0.1) is 0 Å². The Morgan fingerprint density at radius 1 is 0.341 bits per heavy atom. The predicted octanol–water partition coefficient (Wildman–Crippen LogP) is 11.5. The van der Waals surface area contributed by atoms with Crippen molar-refractivity contribution in [2.45, 2.75) is 0 Å². The average Bonchev–Trinajstić information content (AvgIpc) is 3.43. The van der Waals surface area contributed by atoms with Gasteiger partial charge in [-0.25, -0.2) is 0 Å². The second-order valence-corrected chi connectivity index (χ2v) is 10.9. The van der Waals surface area contributed by atoms with E-state index in [0.717, 1.165) is 27.5 Å². The minimum atomic E-state index is 0.921. The van der Waals surface area contributed by atoms with Crippen LogP contribution in [0.25, 0.3) is 87.6 Å². The molecular formula is C40H24O. The summed E-state index contributed by atoms with van der Waals surface area (Å²) in [5.74, 6) is 0. The maximum Gasteiger partial charge on any atom is 0.143 e. The Labute approximate surface area is 237 Å². The minimum absolute atomic E-state index is 0.921. The van der Waals surface area contributed by atoms with Crippen molar-refractivity contribution in [3.63, 3.8) is 0 Å². The van der Waals surface area contributed by atoms with Gasteiger partial charge in [-0.05, 0) is 72.3 Å². The third-order valence-corrected chi connectivity index (χ3v) is 8.64. The fourth-order valence-corrected chi connectivity index (χ4v) is 6.73. The molecule has 0 aliphatic heterocycles. The number of para-hydroxylation sites is 2. The first-order valence-electron chi connectivity index (χ1n) is 14.1. The van der Waals surface area contributed by atoms with Gasteiger partial charge in [-0.3, -0.25) is 0 Å². The van der Waals surface area contributed by atoms with Crippen LogP contribution in [0.5, 0.6) is 0 Å². The third-order valence-electron chi connectivity index (χ3n) is 8.64. The summed E-state index contributed by atoms with van der Waals surface area (Å²) in [5.41, 5.74) is 9.07. The smallest absolute Gasteiger partial charge is 0.143 e. The Bertz CT molecular complexity index is 2380. The normalized spacial score (nSPS) is 11.9. The summed E-state index contributed by atoms with van der Waals surface area (Å²) >= 11 is 0. The number of fused-ring (bicyclic) bond motifs is 3. The SMILES string of the molecule is c1ccc(-c2ccc(-c3cc(-c4cccc5c4oc4ccccc45)c4ccc5cccc6ccc3c4c65)cc2)cc1. The Morgan fingerprint density at radius 3 is 1.78 bits per heavy atom. The van der Waals surface area contributed by atoms with E-state index in [2.05, 4.69) is 140 Å². The second kappa shape index (κ2) is 8.55. The van der Waals surface area contributed by atoms with Crippen molar-refractivity contribution in [2.24, 2.45) is 0 Å². The Balaban J connectivity index is 1.38. The number of rotatable bonds is 3. The van der Waals surface area contributed by atoms with Gasteiger partial charge in [0, 0.05) is 16.3 Å². The molecule has 1 nitrogen and oxygen atoms in total. The van der Waals surface area contributed by atoms with Crippen molar-refractivity contribution >= 4 is 54.3 Å². The van der Waals surface area contributed by atoms with Crippen molar-refractivity contribution < 1.29 is 4.42 Å². The number of hydrogen-bond donors (Lipinski definition) is 0. The lowest BCUT2D eigenvalue weighted by Gasteiger charge is -2.18. The monoisotopic (exact) mass is 520 g/mol. The van der Waals surface area contributed by atoms with Gasteiger partial charge in [-0.15, -0.1) is 0 Å². The number of benzene rings is 8. The van der Waals surface area contributed by atoms with Crippen molar-refractivity contribution in [2.75, 3.05) is 0 Å². The highest BCUT2D eigenvalue weighted by Gasteiger charge is 2.19. The topological polar surface area (TPSA) is 13.1 Å². The molecular weight excluding hydrogens is 496 g/mol. The van der Waals surface area contributed by atoms with Gasteiger partial charge in [0.2, 0.25) is 0 Å². The van der Waals surface area contributed by atoms with Gasteiger partial charge < -0.3 is 4.42 Å². The lowest BCUT2D eigenvalue weighted by Crippen LogP contribution is -1.91. The summed E-state index contributed by atoms with van der Waals surface area (Å²) in [6.07, 6.45) is 0. The van der Waals surface area contributed by atoms with E-state index in [1.807, 2.05) is 6.07 Å². The summed E-state index contributed by atoms with van der Waals surface area (Å²) in [7, 11) is 0. The van der Waals surface area contributed by atoms with Gasteiger partial charge in [0.15, 0.2) is 0 Å². The van der Waals surface area contributed by atoms with Crippen LogP contribution < -0.4 is 0 Å². The quantitative estimate of drug-likeness (QED) is 0.211. The molecule has 1 heteroatoms. The van der Waals surface area contributed by atoms with E-state index >= 15 is 0 Å². The first-order chi connectivity index (χ1) is 20.3. The lowest BCUT2D eigenvalue weighted by atomic mass is 9.85. The molecule has 0 amide bonds. The van der Waals surface area contributed by atoms with Crippen LogP contribution in [0.15, 0.2) is 150 Å². The summed E-state index contributed by atoms with van der Waals surface area (Å²) in [5, 5.41) is 10.0. The summed E-state index contributed by atoms with van der Waals surface area (Å²) < 4.78 is 6.54. The van der Waals surface area contributed by atoms with Crippen LogP contribution in [-0.4, -0.2) is 0 Å².